The number of methoxy groups -OCH3 is 1. The number of amides is 4. The van der Waals surface area contributed by atoms with Crippen LogP contribution in [0.25, 0.3) is 0 Å². The van der Waals surface area contributed by atoms with Crippen LogP contribution in [0.2, 0.25) is 0 Å². The monoisotopic (exact) mass is 645 g/mol. The number of carboxylic acids is 1. The maximum absolute atomic E-state index is 12.5. The van der Waals surface area contributed by atoms with Gasteiger partial charge in [0.25, 0.3) is 11.8 Å². The first kappa shape index (κ1) is 39.7. The highest BCUT2D eigenvalue weighted by Crippen LogP contribution is 2.06. The van der Waals surface area contributed by atoms with E-state index in [-0.39, 0.29) is 70.2 Å². The smallest absolute Gasteiger partial charge is 0.303 e. The summed E-state index contributed by atoms with van der Waals surface area (Å²) < 4.78 is 31.7. The number of carbonyl (C=O) groups is 6. The molecule has 0 aromatic heterocycles. The van der Waals surface area contributed by atoms with E-state index in [4.69, 9.17) is 33.5 Å². The molecule has 0 aromatic carbocycles. The van der Waals surface area contributed by atoms with Crippen molar-refractivity contribution in [2.24, 2.45) is 0 Å². The molecule has 0 saturated carbocycles. The van der Waals surface area contributed by atoms with Crippen LogP contribution < -0.4 is 10.6 Å². The van der Waals surface area contributed by atoms with Crippen LogP contribution in [0.1, 0.15) is 38.5 Å². The normalized spacial score (nSPS) is 13.3. The Labute approximate surface area is 263 Å². The zero-order valence-corrected chi connectivity index (χ0v) is 26.0. The predicted octanol–water partition coefficient (Wildman–Crippen LogP) is -0.764. The minimum absolute atomic E-state index is 0.0126. The fourth-order valence-electron chi connectivity index (χ4n) is 3.76. The molecule has 1 aliphatic heterocycles. The van der Waals surface area contributed by atoms with Crippen molar-refractivity contribution in [2.75, 3.05) is 92.9 Å². The van der Waals surface area contributed by atoms with E-state index in [2.05, 4.69) is 10.6 Å². The second-order valence-corrected chi connectivity index (χ2v) is 9.69. The first-order chi connectivity index (χ1) is 21.7. The van der Waals surface area contributed by atoms with Gasteiger partial charge in [0.1, 0.15) is 0 Å². The van der Waals surface area contributed by atoms with Crippen molar-refractivity contribution in [2.45, 2.75) is 44.6 Å². The molecule has 16 heteroatoms. The third kappa shape index (κ3) is 21.2. The Kier molecular flexibility index (Phi) is 23.0. The first-order valence-electron chi connectivity index (χ1n) is 15.0. The van der Waals surface area contributed by atoms with Gasteiger partial charge in [-0.3, -0.25) is 33.7 Å². The summed E-state index contributed by atoms with van der Waals surface area (Å²) in [5.74, 6) is -2.81. The molecule has 0 radical (unpaired) electrons. The topological polar surface area (TPSA) is 205 Å². The number of ketones is 1. The molecule has 0 spiro atoms. The van der Waals surface area contributed by atoms with Crippen molar-refractivity contribution in [3.63, 3.8) is 0 Å². The molecule has 1 heterocycles. The van der Waals surface area contributed by atoms with Gasteiger partial charge in [0.15, 0.2) is 5.78 Å². The number of nitrogens with zero attached hydrogens (tertiary/aromatic N) is 1. The molecule has 0 saturated heterocycles. The predicted molar refractivity (Wildman–Crippen MR) is 157 cm³/mol. The average molecular weight is 646 g/mol. The van der Waals surface area contributed by atoms with Gasteiger partial charge in [-0.05, 0) is 12.8 Å². The van der Waals surface area contributed by atoms with Gasteiger partial charge in [-0.15, -0.1) is 0 Å². The van der Waals surface area contributed by atoms with Crippen LogP contribution >= 0.6 is 0 Å². The number of ether oxygens (including phenoxy) is 6. The second-order valence-electron chi connectivity index (χ2n) is 9.69. The molecule has 1 atom stereocenters. The Bertz CT molecular complexity index is 926. The molecule has 4 amide bonds. The van der Waals surface area contributed by atoms with E-state index in [1.54, 1.807) is 7.11 Å². The molecule has 45 heavy (non-hydrogen) atoms. The molecular weight excluding hydrogens is 598 g/mol. The van der Waals surface area contributed by atoms with Crippen molar-refractivity contribution >= 4 is 35.4 Å². The van der Waals surface area contributed by atoms with E-state index in [0.29, 0.717) is 65.8 Å². The Hall–Kier alpha value is -3.28. The van der Waals surface area contributed by atoms with Crippen molar-refractivity contribution in [3.8, 4) is 0 Å². The van der Waals surface area contributed by atoms with E-state index in [1.807, 2.05) is 0 Å². The summed E-state index contributed by atoms with van der Waals surface area (Å²) in [6, 6.07) is -0.877. The summed E-state index contributed by atoms with van der Waals surface area (Å²) in [6.45, 7) is 3.87. The maximum atomic E-state index is 12.5. The van der Waals surface area contributed by atoms with Crippen LogP contribution in [-0.2, 0) is 57.2 Å². The number of nitrogens with one attached hydrogen (secondary N) is 2. The zero-order valence-electron chi connectivity index (χ0n) is 26.0. The molecule has 1 unspecified atom stereocenters. The third-order valence-electron chi connectivity index (χ3n) is 6.14. The molecule has 16 nitrogen and oxygen atoms in total. The highest BCUT2D eigenvalue weighted by Gasteiger charge is 2.23. The minimum Gasteiger partial charge on any atom is -0.481 e. The Morgan fingerprint density at radius 2 is 1.27 bits per heavy atom. The second kappa shape index (κ2) is 26.0. The summed E-state index contributed by atoms with van der Waals surface area (Å²) >= 11 is 0. The number of Topliss-reactive ketones (excluding diaryl/α,β-unsaturated/α-hetero) is 1. The van der Waals surface area contributed by atoms with Gasteiger partial charge < -0.3 is 44.2 Å². The van der Waals surface area contributed by atoms with Gasteiger partial charge in [0, 0.05) is 64.6 Å². The summed E-state index contributed by atoms with van der Waals surface area (Å²) in [5, 5.41) is 14.2. The molecule has 0 aromatic rings. The van der Waals surface area contributed by atoms with E-state index in [1.165, 1.54) is 12.2 Å². The van der Waals surface area contributed by atoms with Crippen LogP contribution in [0.4, 0.5) is 0 Å². The molecule has 0 bridgehead atoms. The van der Waals surface area contributed by atoms with Crippen LogP contribution in [-0.4, -0.2) is 144 Å². The van der Waals surface area contributed by atoms with Crippen molar-refractivity contribution in [3.05, 3.63) is 12.2 Å². The van der Waals surface area contributed by atoms with Gasteiger partial charge in [0.2, 0.25) is 11.8 Å². The minimum atomic E-state index is -1.05. The molecule has 1 aliphatic rings. The number of rotatable bonds is 30. The molecule has 0 fully saturated rings. The zero-order chi connectivity index (χ0) is 33.1. The number of hydrogen-bond donors (Lipinski definition) is 3. The standard InChI is InChI=1S/C29H47N3O13/c1-40-15-16-41-12-2-3-24(33)23(4-7-29(38)39)31-26(35)9-13-42-17-19-44-21-22-45-20-18-43-14-10-30-25(34)8-11-32-27(36)5-6-28(32)37/h5-6,23H,2-4,7-22H2,1H3,(H,30,34)(H,31,35)(H,38,39). The SMILES string of the molecule is COCCOCCCC(=O)C(CCC(=O)O)NC(=O)CCOCCOCCOCCOCCNC(=O)CCN1C(=O)C=CC1=O. The Balaban J connectivity index is 1.97. The summed E-state index contributed by atoms with van der Waals surface area (Å²) in [6.07, 6.45) is 2.78. The van der Waals surface area contributed by atoms with E-state index in [9.17, 15) is 28.8 Å². The molecule has 1 rings (SSSR count). The lowest BCUT2D eigenvalue weighted by molar-refractivity contribution is -0.139. The fourth-order valence-corrected chi connectivity index (χ4v) is 3.76. The molecule has 256 valence electrons. The average Bonchev–Trinajstić information content (AvgIpc) is 3.33. The quantitative estimate of drug-likeness (QED) is 0.0650. The van der Waals surface area contributed by atoms with Crippen molar-refractivity contribution in [1.82, 2.24) is 15.5 Å². The van der Waals surface area contributed by atoms with Gasteiger partial charge in [-0.1, -0.05) is 0 Å². The molecule has 3 N–H and O–H groups in total. The summed E-state index contributed by atoms with van der Waals surface area (Å²) in [4.78, 5) is 71.4. The number of imide groups is 1. The van der Waals surface area contributed by atoms with Crippen LogP contribution in [0.3, 0.4) is 0 Å². The van der Waals surface area contributed by atoms with E-state index < -0.39 is 29.7 Å². The number of aliphatic carboxylic acids is 1. The Morgan fingerprint density at radius 1 is 0.711 bits per heavy atom. The fraction of sp³-hybridized carbons (Fsp3) is 0.724. The highest BCUT2D eigenvalue weighted by molar-refractivity contribution is 6.13. The lowest BCUT2D eigenvalue weighted by Crippen LogP contribution is -2.41. The van der Waals surface area contributed by atoms with Gasteiger partial charge in [-0.2, -0.15) is 0 Å². The third-order valence-corrected chi connectivity index (χ3v) is 6.14. The van der Waals surface area contributed by atoms with E-state index in [0.717, 1.165) is 4.90 Å². The van der Waals surface area contributed by atoms with Gasteiger partial charge in [-0.25, -0.2) is 0 Å². The summed E-state index contributed by atoms with van der Waals surface area (Å²) in [7, 11) is 1.56. The van der Waals surface area contributed by atoms with Crippen molar-refractivity contribution in [1.29, 1.82) is 0 Å². The van der Waals surface area contributed by atoms with Crippen LogP contribution in [0.15, 0.2) is 12.2 Å². The number of carboxylic acid groups (broad SMARTS) is 1. The highest BCUT2D eigenvalue weighted by atomic mass is 16.6. The number of hydrogen-bond acceptors (Lipinski definition) is 12. The lowest BCUT2D eigenvalue weighted by Gasteiger charge is -2.17. The largest absolute Gasteiger partial charge is 0.481 e. The summed E-state index contributed by atoms with van der Waals surface area (Å²) in [5.41, 5.74) is 0. The maximum Gasteiger partial charge on any atom is 0.303 e. The van der Waals surface area contributed by atoms with Gasteiger partial charge in [0.05, 0.1) is 72.1 Å². The van der Waals surface area contributed by atoms with Gasteiger partial charge >= 0.3 is 5.97 Å². The number of carbonyl (C=O) groups excluding carboxylic acids is 5. The van der Waals surface area contributed by atoms with Crippen molar-refractivity contribution < 1.29 is 62.3 Å². The lowest BCUT2D eigenvalue weighted by atomic mass is 10.0. The molecule has 0 aliphatic carbocycles. The molecular formula is C29H47N3O13. The van der Waals surface area contributed by atoms with E-state index >= 15 is 0 Å². The van der Waals surface area contributed by atoms with Crippen LogP contribution in [0.5, 0.6) is 0 Å². The van der Waals surface area contributed by atoms with Crippen LogP contribution in [0, 0.1) is 0 Å². The first-order valence-corrected chi connectivity index (χ1v) is 15.0. The Morgan fingerprint density at radius 3 is 1.87 bits per heavy atom.